The van der Waals surface area contributed by atoms with Gasteiger partial charge in [0.1, 0.15) is 0 Å². The van der Waals surface area contributed by atoms with E-state index in [1.807, 2.05) is 11.8 Å². The lowest BCUT2D eigenvalue weighted by atomic mass is 10.2. The van der Waals surface area contributed by atoms with Crippen molar-refractivity contribution in [3.8, 4) is 0 Å². The Morgan fingerprint density at radius 3 is 2.88 bits per heavy atom. The topological polar surface area (TPSA) is 41.1 Å². The summed E-state index contributed by atoms with van der Waals surface area (Å²) in [6, 6.07) is 0.300. The van der Waals surface area contributed by atoms with E-state index in [2.05, 4.69) is 24.5 Å². The lowest BCUT2D eigenvalue weighted by Gasteiger charge is -2.13. The molecule has 0 saturated heterocycles. The number of nitrogens with one attached hydrogen (secondary N) is 2. The number of thioether (sulfide) groups is 1. The SMILES string of the molecule is CCSCCC(C)NC(=O)CNCC1CC1. The zero-order valence-electron chi connectivity index (χ0n) is 10.4. The fourth-order valence-corrected chi connectivity index (χ4v) is 2.32. The van der Waals surface area contributed by atoms with Gasteiger partial charge in [0.2, 0.25) is 5.91 Å². The number of rotatable bonds is 9. The third kappa shape index (κ3) is 7.12. The maximum atomic E-state index is 11.5. The van der Waals surface area contributed by atoms with Gasteiger partial charge in [0.15, 0.2) is 0 Å². The Morgan fingerprint density at radius 2 is 2.25 bits per heavy atom. The first-order valence-electron chi connectivity index (χ1n) is 6.30. The van der Waals surface area contributed by atoms with Crippen LogP contribution < -0.4 is 10.6 Å². The van der Waals surface area contributed by atoms with E-state index in [0.29, 0.717) is 12.6 Å². The van der Waals surface area contributed by atoms with Gasteiger partial charge < -0.3 is 10.6 Å². The molecule has 1 rings (SSSR count). The Kier molecular flexibility index (Phi) is 6.88. The van der Waals surface area contributed by atoms with Gasteiger partial charge in [-0.2, -0.15) is 11.8 Å². The summed E-state index contributed by atoms with van der Waals surface area (Å²) in [5.41, 5.74) is 0. The zero-order chi connectivity index (χ0) is 11.8. The van der Waals surface area contributed by atoms with E-state index in [1.54, 1.807) is 0 Å². The van der Waals surface area contributed by atoms with Crippen LogP contribution >= 0.6 is 11.8 Å². The second kappa shape index (κ2) is 7.96. The molecule has 16 heavy (non-hydrogen) atoms. The first-order valence-corrected chi connectivity index (χ1v) is 7.45. The van der Waals surface area contributed by atoms with Crippen LogP contribution in [-0.4, -0.2) is 36.5 Å². The highest BCUT2D eigenvalue weighted by atomic mass is 32.2. The standard InChI is InChI=1S/C12H24N2OS/c1-3-16-7-6-10(2)14-12(15)9-13-8-11-4-5-11/h10-11,13H,3-9H2,1-2H3,(H,14,15). The molecule has 1 aliphatic rings. The molecule has 0 aromatic carbocycles. The fraction of sp³-hybridized carbons (Fsp3) is 0.917. The van der Waals surface area contributed by atoms with Crippen LogP contribution in [0.1, 0.15) is 33.1 Å². The highest BCUT2D eigenvalue weighted by Crippen LogP contribution is 2.27. The summed E-state index contributed by atoms with van der Waals surface area (Å²) in [6.45, 7) is 5.72. The molecule has 1 aliphatic carbocycles. The van der Waals surface area contributed by atoms with Gasteiger partial charge in [-0.15, -0.1) is 0 Å². The smallest absolute Gasteiger partial charge is 0.234 e. The molecule has 0 spiro atoms. The highest BCUT2D eigenvalue weighted by molar-refractivity contribution is 7.99. The molecule has 4 heteroatoms. The van der Waals surface area contributed by atoms with Crippen molar-refractivity contribution in [3.05, 3.63) is 0 Å². The summed E-state index contributed by atoms with van der Waals surface area (Å²) >= 11 is 1.93. The number of hydrogen-bond donors (Lipinski definition) is 2. The maximum Gasteiger partial charge on any atom is 0.234 e. The van der Waals surface area contributed by atoms with Crippen LogP contribution in [0.4, 0.5) is 0 Å². The zero-order valence-corrected chi connectivity index (χ0v) is 11.2. The van der Waals surface area contributed by atoms with Gasteiger partial charge in [0.05, 0.1) is 6.54 Å². The van der Waals surface area contributed by atoms with Crippen molar-refractivity contribution in [2.75, 3.05) is 24.6 Å². The van der Waals surface area contributed by atoms with Crippen LogP contribution in [0.3, 0.4) is 0 Å². The Bertz CT molecular complexity index is 207. The largest absolute Gasteiger partial charge is 0.353 e. The van der Waals surface area contributed by atoms with Crippen molar-refractivity contribution < 1.29 is 4.79 Å². The second-order valence-corrected chi connectivity index (χ2v) is 5.92. The number of hydrogen-bond acceptors (Lipinski definition) is 3. The quantitative estimate of drug-likeness (QED) is 0.606. The monoisotopic (exact) mass is 244 g/mol. The van der Waals surface area contributed by atoms with E-state index in [4.69, 9.17) is 0 Å². The van der Waals surface area contributed by atoms with Gasteiger partial charge in [-0.3, -0.25) is 4.79 Å². The summed E-state index contributed by atoms with van der Waals surface area (Å²) < 4.78 is 0. The molecular formula is C12H24N2OS. The van der Waals surface area contributed by atoms with Gasteiger partial charge >= 0.3 is 0 Å². The van der Waals surface area contributed by atoms with Crippen molar-refractivity contribution in [1.29, 1.82) is 0 Å². The molecule has 94 valence electrons. The van der Waals surface area contributed by atoms with Gasteiger partial charge in [-0.1, -0.05) is 6.92 Å². The summed E-state index contributed by atoms with van der Waals surface area (Å²) in [6.07, 6.45) is 3.73. The van der Waals surface area contributed by atoms with Crippen molar-refractivity contribution in [1.82, 2.24) is 10.6 Å². The lowest BCUT2D eigenvalue weighted by Crippen LogP contribution is -2.39. The average Bonchev–Trinajstić information content (AvgIpc) is 3.02. The van der Waals surface area contributed by atoms with Crippen molar-refractivity contribution >= 4 is 17.7 Å². The Labute approximate surface area is 103 Å². The van der Waals surface area contributed by atoms with E-state index < -0.39 is 0 Å². The number of carbonyl (C=O) groups excluding carboxylic acids is 1. The molecule has 1 fully saturated rings. The van der Waals surface area contributed by atoms with E-state index >= 15 is 0 Å². The van der Waals surface area contributed by atoms with Crippen molar-refractivity contribution in [2.24, 2.45) is 5.92 Å². The fourth-order valence-electron chi connectivity index (χ4n) is 1.51. The molecule has 1 amide bonds. The normalized spacial score (nSPS) is 17.1. The summed E-state index contributed by atoms with van der Waals surface area (Å²) in [7, 11) is 0. The maximum absolute atomic E-state index is 11.5. The molecule has 3 nitrogen and oxygen atoms in total. The molecule has 2 N–H and O–H groups in total. The number of amides is 1. The Hall–Kier alpha value is -0.220. The van der Waals surface area contributed by atoms with E-state index in [9.17, 15) is 4.79 Å². The van der Waals surface area contributed by atoms with E-state index in [0.717, 1.165) is 30.4 Å². The first-order chi connectivity index (χ1) is 7.72. The molecule has 0 heterocycles. The molecule has 0 aromatic rings. The average molecular weight is 244 g/mol. The van der Waals surface area contributed by atoms with Crippen LogP contribution in [0, 0.1) is 5.92 Å². The third-order valence-corrected chi connectivity index (χ3v) is 3.65. The molecule has 0 bridgehead atoms. The minimum atomic E-state index is 0.134. The molecule has 1 atom stereocenters. The molecule has 0 radical (unpaired) electrons. The Morgan fingerprint density at radius 1 is 1.50 bits per heavy atom. The van der Waals surface area contributed by atoms with Crippen molar-refractivity contribution in [2.45, 2.75) is 39.2 Å². The summed E-state index contributed by atoms with van der Waals surface area (Å²) in [5.74, 6) is 3.26. The predicted molar refractivity (Wildman–Crippen MR) is 70.8 cm³/mol. The van der Waals surface area contributed by atoms with Crippen LogP contribution in [0.25, 0.3) is 0 Å². The molecule has 1 unspecified atom stereocenters. The first kappa shape index (κ1) is 13.8. The number of carbonyl (C=O) groups is 1. The van der Waals surface area contributed by atoms with Crippen LogP contribution in [0.2, 0.25) is 0 Å². The molecule has 0 aromatic heterocycles. The lowest BCUT2D eigenvalue weighted by molar-refractivity contribution is -0.120. The molecule has 0 aliphatic heterocycles. The second-order valence-electron chi connectivity index (χ2n) is 4.53. The van der Waals surface area contributed by atoms with Crippen molar-refractivity contribution in [3.63, 3.8) is 0 Å². The van der Waals surface area contributed by atoms with Crippen LogP contribution in [0.5, 0.6) is 0 Å². The van der Waals surface area contributed by atoms with E-state index in [1.165, 1.54) is 12.8 Å². The van der Waals surface area contributed by atoms with Crippen LogP contribution in [-0.2, 0) is 4.79 Å². The predicted octanol–water partition coefficient (Wildman–Crippen LogP) is 1.63. The van der Waals surface area contributed by atoms with Crippen LogP contribution in [0.15, 0.2) is 0 Å². The highest BCUT2D eigenvalue weighted by Gasteiger charge is 2.20. The molecular weight excluding hydrogens is 220 g/mol. The summed E-state index contributed by atoms with van der Waals surface area (Å²) in [4.78, 5) is 11.5. The minimum absolute atomic E-state index is 0.134. The van der Waals surface area contributed by atoms with E-state index in [-0.39, 0.29) is 5.91 Å². The van der Waals surface area contributed by atoms with Gasteiger partial charge in [0, 0.05) is 6.04 Å². The van der Waals surface area contributed by atoms with Gasteiger partial charge in [-0.25, -0.2) is 0 Å². The minimum Gasteiger partial charge on any atom is -0.353 e. The van der Waals surface area contributed by atoms with Gasteiger partial charge in [0.25, 0.3) is 0 Å². The molecule has 1 saturated carbocycles. The third-order valence-electron chi connectivity index (χ3n) is 2.72. The summed E-state index contributed by atoms with van der Waals surface area (Å²) in [5, 5.41) is 6.22. The van der Waals surface area contributed by atoms with Gasteiger partial charge in [-0.05, 0) is 50.2 Å². The Balaban J connectivity index is 1.93.